The van der Waals surface area contributed by atoms with E-state index in [1.54, 1.807) is 13.3 Å². The van der Waals surface area contributed by atoms with Crippen molar-refractivity contribution in [2.45, 2.75) is 31.9 Å². The van der Waals surface area contributed by atoms with Crippen molar-refractivity contribution >= 4 is 0 Å². The molecule has 2 atom stereocenters. The van der Waals surface area contributed by atoms with Crippen molar-refractivity contribution in [3.63, 3.8) is 0 Å². The van der Waals surface area contributed by atoms with E-state index in [-0.39, 0.29) is 5.92 Å². The summed E-state index contributed by atoms with van der Waals surface area (Å²) < 4.78 is 7.32. The van der Waals surface area contributed by atoms with E-state index in [9.17, 15) is 5.11 Å². The van der Waals surface area contributed by atoms with Crippen LogP contribution in [-0.2, 0) is 12.1 Å². The summed E-state index contributed by atoms with van der Waals surface area (Å²) >= 11 is 0. The second-order valence-corrected chi connectivity index (χ2v) is 6.28. The summed E-state index contributed by atoms with van der Waals surface area (Å²) in [6.45, 7) is 5.35. The molecule has 0 aliphatic carbocycles. The molecule has 0 saturated carbocycles. The first-order valence-corrected chi connectivity index (χ1v) is 7.65. The highest BCUT2D eigenvalue weighted by molar-refractivity contribution is 5.31. The summed E-state index contributed by atoms with van der Waals surface area (Å²) in [4.78, 5) is 2.11. The van der Waals surface area contributed by atoms with E-state index < -0.39 is 5.60 Å². The Kier molecular flexibility index (Phi) is 5.24. The molecule has 2 heterocycles. The molecule has 0 aromatic carbocycles. The molecule has 1 saturated heterocycles. The van der Waals surface area contributed by atoms with E-state index in [0.717, 1.165) is 44.7 Å². The minimum atomic E-state index is -0.943. The highest BCUT2D eigenvalue weighted by Gasteiger charge is 2.39. The summed E-state index contributed by atoms with van der Waals surface area (Å²) in [7, 11) is 5.69. The zero-order valence-electron chi connectivity index (χ0n) is 13.6. The van der Waals surface area contributed by atoms with Gasteiger partial charge in [-0.1, -0.05) is 0 Å². The third kappa shape index (κ3) is 3.56. The van der Waals surface area contributed by atoms with Crippen LogP contribution >= 0.6 is 0 Å². The number of hydrogen-bond donors (Lipinski definition) is 2. The number of methoxy groups -OCH3 is 1. The van der Waals surface area contributed by atoms with Gasteiger partial charge in [0.2, 0.25) is 0 Å². The fourth-order valence-electron chi connectivity index (χ4n) is 3.02. The monoisotopic (exact) mass is 296 g/mol. The number of nitrogens with zero attached hydrogens (tertiary/aromatic N) is 3. The van der Waals surface area contributed by atoms with Gasteiger partial charge in [0.05, 0.1) is 19.9 Å². The van der Waals surface area contributed by atoms with Gasteiger partial charge in [-0.15, -0.1) is 0 Å². The van der Waals surface area contributed by atoms with E-state index in [1.165, 1.54) is 0 Å². The first-order chi connectivity index (χ1) is 9.96. The number of nitrogens with one attached hydrogen (secondary N) is 1. The lowest BCUT2D eigenvalue weighted by Crippen LogP contribution is -2.44. The molecule has 1 aliphatic heterocycles. The van der Waals surface area contributed by atoms with E-state index in [2.05, 4.69) is 15.3 Å². The van der Waals surface area contributed by atoms with Gasteiger partial charge in [-0.3, -0.25) is 4.68 Å². The van der Waals surface area contributed by atoms with Crippen molar-refractivity contribution < 1.29 is 9.84 Å². The van der Waals surface area contributed by atoms with Crippen LogP contribution in [0.25, 0.3) is 0 Å². The largest absolute Gasteiger partial charge is 0.493 e. The molecule has 2 rings (SSSR count). The van der Waals surface area contributed by atoms with Crippen LogP contribution in [0.3, 0.4) is 0 Å². The van der Waals surface area contributed by atoms with Gasteiger partial charge in [-0.2, -0.15) is 5.10 Å². The van der Waals surface area contributed by atoms with Gasteiger partial charge >= 0.3 is 0 Å². The van der Waals surface area contributed by atoms with E-state index >= 15 is 0 Å². The Morgan fingerprint density at radius 1 is 1.57 bits per heavy atom. The van der Waals surface area contributed by atoms with E-state index in [4.69, 9.17) is 4.74 Å². The molecule has 21 heavy (non-hydrogen) atoms. The summed E-state index contributed by atoms with van der Waals surface area (Å²) in [5.74, 6) is 0.847. The first kappa shape index (κ1) is 16.3. The van der Waals surface area contributed by atoms with Crippen molar-refractivity contribution in [3.8, 4) is 5.75 Å². The number of aliphatic hydroxyl groups is 1. The molecule has 0 bridgehead atoms. The minimum Gasteiger partial charge on any atom is -0.493 e. The molecular weight excluding hydrogens is 268 g/mol. The van der Waals surface area contributed by atoms with Crippen LogP contribution < -0.4 is 10.1 Å². The Hall–Kier alpha value is -1.11. The summed E-state index contributed by atoms with van der Waals surface area (Å²) in [6.07, 6.45) is 3.81. The molecule has 1 fully saturated rings. The van der Waals surface area contributed by atoms with Crippen molar-refractivity contribution in [2.75, 3.05) is 40.8 Å². The number of likely N-dealkylation sites (N-methyl/N-ethyl adjacent to an activating group) is 1. The lowest BCUT2D eigenvalue weighted by Gasteiger charge is -2.36. The predicted octanol–water partition coefficient (Wildman–Crippen LogP) is 0.660. The third-order valence-electron chi connectivity index (χ3n) is 4.36. The smallest absolute Gasteiger partial charge is 0.162 e. The number of piperidine rings is 1. The Morgan fingerprint density at radius 2 is 2.33 bits per heavy atom. The SMILES string of the molecule is COc1cnn(CCN(C)C)c1C(C)(O)C1CCCNC1. The minimum absolute atomic E-state index is 0.176. The van der Waals surface area contributed by atoms with Crippen LogP contribution in [0.1, 0.15) is 25.5 Å². The van der Waals surface area contributed by atoms with Gasteiger partial charge in [0.15, 0.2) is 5.75 Å². The molecule has 2 N–H and O–H groups in total. The van der Waals surface area contributed by atoms with E-state index in [1.807, 2.05) is 25.7 Å². The topological polar surface area (TPSA) is 62.5 Å². The first-order valence-electron chi connectivity index (χ1n) is 7.65. The van der Waals surface area contributed by atoms with Gasteiger partial charge in [-0.05, 0) is 40.4 Å². The average molecular weight is 296 g/mol. The highest BCUT2D eigenvalue weighted by atomic mass is 16.5. The fraction of sp³-hybridized carbons (Fsp3) is 0.800. The summed E-state index contributed by atoms with van der Waals surface area (Å²) in [6, 6.07) is 0. The van der Waals surface area contributed by atoms with Crippen LogP contribution in [0.4, 0.5) is 0 Å². The second-order valence-electron chi connectivity index (χ2n) is 6.28. The van der Waals surface area contributed by atoms with E-state index in [0.29, 0.717) is 5.75 Å². The normalized spacial score (nSPS) is 22.3. The zero-order chi connectivity index (χ0) is 15.5. The third-order valence-corrected chi connectivity index (χ3v) is 4.36. The number of rotatable bonds is 6. The molecule has 1 aromatic heterocycles. The van der Waals surface area contributed by atoms with Gasteiger partial charge in [0, 0.05) is 19.0 Å². The number of ether oxygens (including phenoxy) is 1. The summed E-state index contributed by atoms with van der Waals surface area (Å²) in [5, 5.41) is 18.9. The molecule has 1 aliphatic rings. The zero-order valence-corrected chi connectivity index (χ0v) is 13.6. The molecule has 1 aromatic rings. The molecular formula is C15H28N4O2. The highest BCUT2D eigenvalue weighted by Crippen LogP contribution is 2.38. The van der Waals surface area contributed by atoms with Crippen LogP contribution in [0.2, 0.25) is 0 Å². The Labute approximate surface area is 127 Å². The summed E-state index contributed by atoms with van der Waals surface area (Å²) in [5.41, 5.74) is -0.151. The molecule has 0 amide bonds. The van der Waals surface area contributed by atoms with Gasteiger partial charge < -0.3 is 20.1 Å². The van der Waals surface area contributed by atoms with Crippen LogP contribution in [0.15, 0.2) is 6.20 Å². The molecule has 6 nitrogen and oxygen atoms in total. The Balaban J connectivity index is 2.28. The lowest BCUT2D eigenvalue weighted by atomic mass is 9.81. The number of hydrogen-bond acceptors (Lipinski definition) is 5. The lowest BCUT2D eigenvalue weighted by molar-refractivity contribution is -0.0252. The van der Waals surface area contributed by atoms with Crippen molar-refractivity contribution in [2.24, 2.45) is 5.92 Å². The maximum atomic E-state index is 11.2. The van der Waals surface area contributed by atoms with Crippen molar-refractivity contribution in [1.82, 2.24) is 20.0 Å². The Morgan fingerprint density at radius 3 is 2.90 bits per heavy atom. The fourth-order valence-corrected chi connectivity index (χ4v) is 3.02. The molecule has 2 unspecified atom stereocenters. The average Bonchev–Trinajstić information content (AvgIpc) is 2.89. The maximum absolute atomic E-state index is 11.2. The maximum Gasteiger partial charge on any atom is 0.162 e. The predicted molar refractivity (Wildman–Crippen MR) is 82.5 cm³/mol. The number of aromatic nitrogens is 2. The molecule has 0 spiro atoms. The molecule has 120 valence electrons. The molecule has 0 radical (unpaired) electrons. The van der Waals surface area contributed by atoms with Crippen molar-refractivity contribution in [1.29, 1.82) is 0 Å². The Bertz CT molecular complexity index is 451. The van der Waals surface area contributed by atoms with Gasteiger partial charge in [-0.25, -0.2) is 0 Å². The standard InChI is InChI=1S/C15H28N4O2/c1-15(20,12-6-5-7-16-10-12)14-13(21-4)11-17-19(14)9-8-18(2)3/h11-12,16,20H,5-10H2,1-4H3. The van der Waals surface area contributed by atoms with Crippen LogP contribution in [-0.4, -0.2) is 60.6 Å². The molecule has 6 heteroatoms. The van der Waals surface area contributed by atoms with Gasteiger partial charge in [0.1, 0.15) is 11.3 Å². The van der Waals surface area contributed by atoms with Crippen LogP contribution in [0.5, 0.6) is 5.75 Å². The second kappa shape index (κ2) is 6.77. The van der Waals surface area contributed by atoms with Crippen molar-refractivity contribution in [3.05, 3.63) is 11.9 Å². The van der Waals surface area contributed by atoms with Crippen LogP contribution in [0, 0.1) is 5.92 Å². The van der Waals surface area contributed by atoms with Gasteiger partial charge in [0.25, 0.3) is 0 Å². The quantitative estimate of drug-likeness (QED) is 0.807.